The van der Waals surface area contributed by atoms with Gasteiger partial charge in [0.15, 0.2) is 11.5 Å². The minimum Gasteiger partial charge on any atom is -0.497 e. The normalized spacial score (nSPS) is 18.4. The van der Waals surface area contributed by atoms with Gasteiger partial charge in [0, 0.05) is 7.05 Å². The highest BCUT2D eigenvalue weighted by Gasteiger charge is 2.49. The Morgan fingerprint density at radius 1 is 1.03 bits per heavy atom. The molecule has 1 amide bonds. The molecule has 0 fully saturated rings. The summed E-state index contributed by atoms with van der Waals surface area (Å²) in [5, 5.41) is -1.06. The van der Waals surface area contributed by atoms with Gasteiger partial charge in [-0.1, -0.05) is 61.5 Å². The molecule has 3 aromatic carbocycles. The highest BCUT2D eigenvalue weighted by molar-refractivity contribution is 7.86. The highest BCUT2D eigenvalue weighted by atomic mass is 35.5. The molecule has 0 bridgehead atoms. The number of ether oxygens (including phenoxy) is 1. The zero-order chi connectivity index (χ0) is 25.4. The fourth-order valence-electron chi connectivity index (χ4n) is 4.47. The molecule has 1 aliphatic rings. The first kappa shape index (κ1) is 27.2. The molecule has 2 unspecified atom stereocenters. The quantitative estimate of drug-likeness (QED) is 0.443. The zero-order valence-electron chi connectivity index (χ0n) is 20.1. The van der Waals surface area contributed by atoms with Gasteiger partial charge in [-0.05, 0) is 52.4 Å². The van der Waals surface area contributed by atoms with Gasteiger partial charge in [0.1, 0.15) is 11.0 Å². The third kappa shape index (κ3) is 4.69. The van der Waals surface area contributed by atoms with E-state index in [4.69, 9.17) is 10.5 Å². The standard InChI is InChI=1S/C26H27N3O5S.ClH/c1-4-23(35(31,32)33)17-11-13-20(14-12-17)26(24(30)29(2)25(27)28-26)21-9-5-7-18(15-21)19-8-6-10-22(16-19)34-3;/h5-16,23H,4H2,1-3H3,(H2,27,28)(H,31,32,33);1H. The van der Waals surface area contributed by atoms with E-state index in [1.807, 2.05) is 48.5 Å². The maximum absolute atomic E-state index is 13.6. The fourth-order valence-corrected chi connectivity index (χ4v) is 5.39. The van der Waals surface area contributed by atoms with Crippen LogP contribution in [0.1, 0.15) is 35.3 Å². The van der Waals surface area contributed by atoms with Gasteiger partial charge in [-0.2, -0.15) is 8.42 Å². The molecule has 1 heterocycles. The molecule has 190 valence electrons. The maximum Gasteiger partial charge on any atom is 0.271 e. The van der Waals surface area contributed by atoms with Crippen LogP contribution in [-0.2, 0) is 20.5 Å². The first-order valence-electron chi connectivity index (χ1n) is 11.1. The fraction of sp³-hybridized carbons (Fsp3) is 0.231. The molecule has 0 saturated heterocycles. The van der Waals surface area contributed by atoms with Crippen molar-refractivity contribution in [2.75, 3.05) is 14.2 Å². The van der Waals surface area contributed by atoms with Crippen LogP contribution in [0.25, 0.3) is 11.1 Å². The number of carbonyl (C=O) groups is 1. The Labute approximate surface area is 217 Å². The molecule has 10 heteroatoms. The lowest BCUT2D eigenvalue weighted by Crippen LogP contribution is -2.41. The lowest BCUT2D eigenvalue weighted by atomic mass is 9.81. The summed E-state index contributed by atoms with van der Waals surface area (Å²) in [5.74, 6) is 0.462. The Kier molecular flexibility index (Phi) is 7.78. The third-order valence-electron chi connectivity index (χ3n) is 6.35. The van der Waals surface area contributed by atoms with Crippen LogP contribution in [0.4, 0.5) is 0 Å². The number of guanidine groups is 1. The van der Waals surface area contributed by atoms with Crippen molar-refractivity contribution in [1.82, 2.24) is 4.90 Å². The molecule has 36 heavy (non-hydrogen) atoms. The van der Waals surface area contributed by atoms with E-state index in [1.54, 1.807) is 45.3 Å². The van der Waals surface area contributed by atoms with E-state index < -0.39 is 20.9 Å². The number of nitrogens with two attached hydrogens (primary N) is 1. The molecule has 3 aromatic rings. The summed E-state index contributed by atoms with van der Waals surface area (Å²) in [6.45, 7) is 1.68. The highest BCUT2D eigenvalue weighted by Crippen LogP contribution is 2.41. The van der Waals surface area contributed by atoms with Gasteiger partial charge in [0.25, 0.3) is 16.0 Å². The predicted molar refractivity (Wildman–Crippen MR) is 142 cm³/mol. The van der Waals surface area contributed by atoms with Crippen molar-refractivity contribution < 1.29 is 22.5 Å². The number of halogens is 1. The van der Waals surface area contributed by atoms with Crippen LogP contribution in [0.5, 0.6) is 5.75 Å². The van der Waals surface area contributed by atoms with Crippen LogP contribution in [0, 0.1) is 0 Å². The minimum absolute atomic E-state index is 0. The Balaban J connectivity index is 0.00000361. The Morgan fingerprint density at radius 3 is 2.17 bits per heavy atom. The van der Waals surface area contributed by atoms with Crippen molar-refractivity contribution in [3.8, 4) is 16.9 Å². The lowest BCUT2D eigenvalue weighted by Gasteiger charge is -2.27. The minimum atomic E-state index is -4.27. The second-order valence-electron chi connectivity index (χ2n) is 8.39. The van der Waals surface area contributed by atoms with Crippen LogP contribution in [0.15, 0.2) is 77.8 Å². The van der Waals surface area contributed by atoms with Crippen molar-refractivity contribution in [2.24, 2.45) is 10.7 Å². The number of likely N-dealkylation sites (N-methyl/N-ethyl adjacent to an activating group) is 1. The largest absolute Gasteiger partial charge is 0.497 e. The summed E-state index contributed by atoms with van der Waals surface area (Å²) < 4.78 is 38.5. The Hall–Kier alpha value is -3.40. The maximum atomic E-state index is 13.6. The van der Waals surface area contributed by atoms with Gasteiger partial charge in [-0.25, -0.2) is 4.99 Å². The number of carbonyl (C=O) groups excluding carboxylic acids is 1. The third-order valence-corrected chi connectivity index (χ3v) is 7.68. The molecule has 1 aliphatic heterocycles. The zero-order valence-corrected chi connectivity index (χ0v) is 21.7. The lowest BCUT2D eigenvalue weighted by molar-refractivity contribution is -0.129. The summed E-state index contributed by atoms with van der Waals surface area (Å²) in [5.41, 5.74) is 8.00. The van der Waals surface area contributed by atoms with Crippen molar-refractivity contribution >= 4 is 34.4 Å². The Bertz CT molecular complexity index is 1410. The molecule has 0 aliphatic carbocycles. The van der Waals surface area contributed by atoms with Crippen molar-refractivity contribution in [3.63, 3.8) is 0 Å². The molecular weight excluding hydrogens is 502 g/mol. The smallest absolute Gasteiger partial charge is 0.271 e. The molecule has 2 atom stereocenters. The summed E-state index contributed by atoms with van der Waals surface area (Å²) in [7, 11) is -1.11. The van der Waals surface area contributed by atoms with Crippen LogP contribution in [0.2, 0.25) is 0 Å². The van der Waals surface area contributed by atoms with Gasteiger partial charge in [0.05, 0.1) is 7.11 Å². The predicted octanol–water partition coefficient (Wildman–Crippen LogP) is 4.15. The van der Waals surface area contributed by atoms with Gasteiger partial charge >= 0.3 is 0 Å². The summed E-state index contributed by atoms with van der Waals surface area (Å²) in [4.78, 5) is 19.5. The average molecular weight is 530 g/mol. The van der Waals surface area contributed by atoms with Crippen molar-refractivity contribution in [2.45, 2.75) is 24.1 Å². The number of hydrogen-bond acceptors (Lipinski definition) is 6. The number of benzene rings is 3. The molecule has 3 N–H and O–H groups in total. The molecular formula is C26H28ClN3O5S. The van der Waals surface area contributed by atoms with Crippen LogP contribution in [-0.4, -0.2) is 43.9 Å². The van der Waals surface area contributed by atoms with Gasteiger partial charge < -0.3 is 10.5 Å². The Morgan fingerprint density at radius 2 is 1.64 bits per heavy atom. The molecule has 0 spiro atoms. The molecule has 0 aromatic heterocycles. The molecule has 8 nitrogen and oxygen atoms in total. The number of amides is 1. The molecule has 4 rings (SSSR count). The van der Waals surface area contributed by atoms with Crippen molar-refractivity contribution in [3.05, 3.63) is 89.5 Å². The van der Waals surface area contributed by atoms with E-state index in [1.165, 1.54) is 4.90 Å². The second-order valence-corrected chi connectivity index (χ2v) is 9.99. The van der Waals surface area contributed by atoms with Gasteiger partial charge in [-0.15, -0.1) is 12.4 Å². The van der Waals surface area contributed by atoms with Gasteiger partial charge in [0.2, 0.25) is 0 Å². The van der Waals surface area contributed by atoms with E-state index >= 15 is 0 Å². The average Bonchev–Trinajstić information content (AvgIpc) is 3.09. The van der Waals surface area contributed by atoms with E-state index in [-0.39, 0.29) is 30.7 Å². The van der Waals surface area contributed by atoms with E-state index in [2.05, 4.69) is 4.99 Å². The summed E-state index contributed by atoms with van der Waals surface area (Å²) >= 11 is 0. The summed E-state index contributed by atoms with van der Waals surface area (Å²) in [6.07, 6.45) is 0.207. The van der Waals surface area contributed by atoms with Crippen LogP contribution < -0.4 is 10.5 Å². The molecule has 0 radical (unpaired) electrons. The van der Waals surface area contributed by atoms with Crippen molar-refractivity contribution in [1.29, 1.82) is 0 Å². The second kappa shape index (κ2) is 10.3. The monoisotopic (exact) mass is 529 g/mol. The van der Waals surface area contributed by atoms with E-state index in [9.17, 15) is 17.8 Å². The molecule has 0 saturated carbocycles. The number of methoxy groups -OCH3 is 1. The number of aliphatic imine (C=N–C) groups is 1. The number of hydrogen-bond donors (Lipinski definition) is 2. The van der Waals surface area contributed by atoms with E-state index in [0.29, 0.717) is 22.4 Å². The topological polar surface area (TPSA) is 122 Å². The number of nitrogens with zero attached hydrogens (tertiary/aromatic N) is 2. The number of rotatable bonds is 7. The van der Waals surface area contributed by atoms with Crippen LogP contribution >= 0.6 is 12.4 Å². The first-order chi connectivity index (χ1) is 16.6. The summed E-state index contributed by atoms with van der Waals surface area (Å²) in [6, 6.07) is 21.6. The van der Waals surface area contributed by atoms with Crippen LogP contribution in [0.3, 0.4) is 0 Å². The van der Waals surface area contributed by atoms with Gasteiger partial charge in [-0.3, -0.25) is 14.2 Å². The van der Waals surface area contributed by atoms with E-state index in [0.717, 1.165) is 11.1 Å². The first-order valence-corrected chi connectivity index (χ1v) is 12.6. The SMILES string of the molecule is CCC(c1ccc(C2(c3cccc(-c4cccc(OC)c4)c3)N=C(N)N(C)C2=O)cc1)S(=O)(=O)O.Cl.